The molecule has 9 heteroatoms. The lowest BCUT2D eigenvalue weighted by Gasteiger charge is -2.38. The molecule has 194 valence electrons. The Balaban J connectivity index is 1.45. The van der Waals surface area contributed by atoms with E-state index in [-0.39, 0.29) is 18.7 Å². The SMILES string of the molecule is CC(C)(C)OC(=O)N1CCc2c3c(nn2-c2ccc(Br)cc2)CCN(C(=O)OCc2ccccc2)CC31. The zero-order valence-electron chi connectivity index (χ0n) is 21.3. The van der Waals surface area contributed by atoms with Crippen molar-refractivity contribution in [2.24, 2.45) is 0 Å². The Morgan fingerprint density at radius 3 is 2.43 bits per heavy atom. The molecular formula is C28H31BrN4O4. The molecule has 2 aliphatic rings. The van der Waals surface area contributed by atoms with Gasteiger partial charge in [-0.15, -0.1) is 0 Å². The van der Waals surface area contributed by atoms with Crippen LogP contribution >= 0.6 is 15.9 Å². The summed E-state index contributed by atoms with van der Waals surface area (Å²) in [6, 6.07) is 17.3. The van der Waals surface area contributed by atoms with E-state index in [4.69, 9.17) is 14.6 Å². The fraction of sp³-hybridized carbons (Fsp3) is 0.393. The summed E-state index contributed by atoms with van der Waals surface area (Å²) in [6.07, 6.45) is 0.438. The summed E-state index contributed by atoms with van der Waals surface area (Å²) < 4.78 is 14.4. The van der Waals surface area contributed by atoms with Gasteiger partial charge < -0.3 is 14.4 Å². The van der Waals surface area contributed by atoms with Crippen molar-refractivity contribution in [3.8, 4) is 5.69 Å². The first-order valence-corrected chi connectivity index (χ1v) is 13.3. The monoisotopic (exact) mass is 566 g/mol. The number of benzene rings is 2. The van der Waals surface area contributed by atoms with Crippen LogP contribution in [-0.2, 0) is 28.9 Å². The maximum Gasteiger partial charge on any atom is 0.410 e. The van der Waals surface area contributed by atoms with Gasteiger partial charge in [0.15, 0.2) is 0 Å². The highest BCUT2D eigenvalue weighted by Gasteiger charge is 2.41. The minimum atomic E-state index is -0.624. The van der Waals surface area contributed by atoms with Crippen LogP contribution in [0.4, 0.5) is 9.59 Å². The zero-order chi connectivity index (χ0) is 26.2. The lowest BCUT2D eigenvalue weighted by Crippen LogP contribution is -2.47. The molecule has 0 aliphatic carbocycles. The molecule has 0 fully saturated rings. The lowest BCUT2D eigenvalue weighted by atomic mass is 9.96. The molecule has 2 amide bonds. The molecule has 3 aromatic rings. The van der Waals surface area contributed by atoms with E-state index < -0.39 is 11.7 Å². The lowest BCUT2D eigenvalue weighted by molar-refractivity contribution is 0.00941. The standard InChI is InChI=1S/C28H31BrN4O4/c1-28(2,3)37-27(35)32-16-14-23-25-22(30-33(23)21-11-9-20(29)10-12-21)13-15-31(17-24(25)32)26(34)36-18-19-7-5-4-6-8-19/h4-12,24H,13-18H2,1-3H3. The average molecular weight is 567 g/mol. The molecule has 1 aromatic heterocycles. The number of nitrogens with zero attached hydrogens (tertiary/aromatic N) is 4. The minimum absolute atomic E-state index is 0.197. The first-order valence-electron chi connectivity index (χ1n) is 12.5. The van der Waals surface area contributed by atoms with E-state index in [0.29, 0.717) is 32.5 Å². The third kappa shape index (κ3) is 5.51. The van der Waals surface area contributed by atoms with Crippen molar-refractivity contribution < 1.29 is 19.1 Å². The highest BCUT2D eigenvalue weighted by molar-refractivity contribution is 9.10. The van der Waals surface area contributed by atoms with Gasteiger partial charge >= 0.3 is 12.2 Å². The van der Waals surface area contributed by atoms with Crippen LogP contribution in [0.25, 0.3) is 5.69 Å². The Bertz CT molecular complexity index is 1280. The summed E-state index contributed by atoms with van der Waals surface area (Å²) in [5.74, 6) is 0. The van der Waals surface area contributed by atoms with E-state index in [1.807, 2.05) is 80.1 Å². The normalized spacial score (nSPS) is 17.1. The average Bonchev–Trinajstić information content (AvgIpc) is 3.12. The number of carbonyl (C=O) groups excluding carboxylic acids is 2. The zero-order valence-corrected chi connectivity index (χ0v) is 22.9. The second-order valence-electron chi connectivity index (χ2n) is 10.4. The van der Waals surface area contributed by atoms with Crippen molar-refractivity contribution in [2.45, 2.75) is 51.9 Å². The van der Waals surface area contributed by atoms with E-state index in [1.165, 1.54) is 0 Å². The van der Waals surface area contributed by atoms with Gasteiger partial charge in [-0.3, -0.25) is 4.90 Å². The van der Waals surface area contributed by atoms with E-state index in [1.54, 1.807) is 9.80 Å². The molecule has 1 atom stereocenters. The van der Waals surface area contributed by atoms with Gasteiger partial charge in [-0.05, 0) is 50.6 Å². The van der Waals surface area contributed by atoms with Gasteiger partial charge in [-0.25, -0.2) is 14.3 Å². The number of carbonyl (C=O) groups is 2. The molecule has 0 spiro atoms. The molecule has 0 radical (unpaired) electrons. The van der Waals surface area contributed by atoms with Crippen molar-refractivity contribution in [3.05, 3.63) is 81.6 Å². The van der Waals surface area contributed by atoms with E-state index >= 15 is 0 Å². The molecule has 0 N–H and O–H groups in total. The predicted molar refractivity (Wildman–Crippen MR) is 143 cm³/mol. The van der Waals surface area contributed by atoms with Crippen LogP contribution in [0.5, 0.6) is 0 Å². The van der Waals surface area contributed by atoms with Crippen molar-refractivity contribution >= 4 is 28.1 Å². The Morgan fingerprint density at radius 1 is 1.00 bits per heavy atom. The van der Waals surface area contributed by atoms with Gasteiger partial charge in [0.1, 0.15) is 12.2 Å². The number of hydrogen-bond donors (Lipinski definition) is 0. The molecule has 2 aromatic carbocycles. The third-order valence-electron chi connectivity index (χ3n) is 6.57. The van der Waals surface area contributed by atoms with Crippen LogP contribution in [0.15, 0.2) is 59.1 Å². The Morgan fingerprint density at radius 2 is 1.73 bits per heavy atom. The molecule has 0 saturated heterocycles. The van der Waals surface area contributed by atoms with Gasteiger partial charge in [-0.1, -0.05) is 46.3 Å². The molecule has 8 nitrogen and oxygen atoms in total. The summed E-state index contributed by atoms with van der Waals surface area (Å²) in [5, 5.41) is 4.97. The second kappa shape index (κ2) is 10.2. The number of rotatable bonds is 3. The summed E-state index contributed by atoms with van der Waals surface area (Å²) in [6.45, 7) is 7.02. The van der Waals surface area contributed by atoms with Crippen LogP contribution in [-0.4, -0.2) is 57.0 Å². The smallest absolute Gasteiger partial charge is 0.410 e. The molecule has 2 aliphatic heterocycles. The first kappa shape index (κ1) is 25.3. The number of amides is 2. The second-order valence-corrected chi connectivity index (χ2v) is 11.3. The van der Waals surface area contributed by atoms with Crippen LogP contribution < -0.4 is 0 Å². The van der Waals surface area contributed by atoms with Crippen molar-refractivity contribution in [3.63, 3.8) is 0 Å². The summed E-state index contributed by atoms with van der Waals surface area (Å²) in [4.78, 5) is 29.8. The Kier molecular flexibility index (Phi) is 6.98. The third-order valence-corrected chi connectivity index (χ3v) is 7.10. The van der Waals surface area contributed by atoms with Crippen LogP contribution in [0.3, 0.4) is 0 Å². The predicted octanol–water partition coefficient (Wildman–Crippen LogP) is 5.66. The highest BCUT2D eigenvalue weighted by atomic mass is 79.9. The quantitative estimate of drug-likeness (QED) is 0.408. The maximum atomic E-state index is 13.3. The van der Waals surface area contributed by atoms with Gasteiger partial charge in [0.25, 0.3) is 0 Å². The fourth-order valence-electron chi connectivity index (χ4n) is 4.91. The molecule has 3 heterocycles. The van der Waals surface area contributed by atoms with Gasteiger partial charge in [0.05, 0.1) is 23.1 Å². The summed E-state index contributed by atoms with van der Waals surface area (Å²) >= 11 is 3.50. The molecule has 0 saturated carbocycles. The fourth-order valence-corrected chi connectivity index (χ4v) is 5.17. The van der Waals surface area contributed by atoms with E-state index in [2.05, 4.69) is 15.9 Å². The van der Waals surface area contributed by atoms with Crippen molar-refractivity contribution in [2.75, 3.05) is 19.6 Å². The number of ether oxygens (including phenoxy) is 2. The number of aromatic nitrogens is 2. The van der Waals surface area contributed by atoms with Crippen LogP contribution in [0, 0.1) is 0 Å². The van der Waals surface area contributed by atoms with Crippen molar-refractivity contribution in [1.82, 2.24) is 19.6 Å². The van der Waals surface area contributed by atoms with Gasteiger partial charge in [0.2, 0.25) is 0 Å². The van der Waals surface area contributed by atoms with Crippen molar-refractivity contribution in [1.29, 1.82) is 0 Å². The molecule has 1 unspecified atom stereocenters. The number of hydrogen-bond acceptors (Lipinski definition) is 5. The molecular weight excluding hydrogens is 536 g/mol. The molecule has 37 heavy (non-hydrogen) atoms. The topological polar surface area (TPSA) is 76.9 Å². The Hall–Kier alpha value is -3.33. The summed E-state index contributed by atoms with van der Waals surface area (Å²) in [5.41, 5.74) is 4.25. The first-order chi connectivity index (χ1) is 17.7. The van der Waals surface area contributed by atoms with Crippen LogP contribution in [0.1, 0.15) is 49.3 Å². The molecule has 5 rings (SSSR count). The van der Waals surface area contributed by atoms with Gasteiger partial charge in [0, 0.05) is 42.5 Å². The largest absolute Gasteiger partial charge is 0.445 e. The maximum absolute atomic E-state index is 13.3. The van der Waals surface area contributed by atoms with E-state index in [0.717, 1.165) is 32.7 Å². The van der Waals surface area contributed by atoms with E-state index in [9.17, 15) is 9.59 Å². The highest BCUT2D eigenvalue weighted by Crippen LogP contribution is 2.37. The minimum Gasteiger partial charge on any atom is -0.445 e. The van der Waals surface area contributed by atoms with Crippen LogP contribution in [0.2, 0.25) is 0 Å². The Labute approximate surface area is 225 Å². The molecule has 0 bridgehead atoms. The van der Waals surface area contributed by atoms with Gasteiger partial charge in [-0.2, -0.15) is 5.10 Å². The number of halogens is 1. The summed E-state index contributed by atoms with van der Waals surface area (Å²) in [7, 11) is 0.